The average Bonchev–Trinajstić information content (AvgIpc) is 2.70. The first-order valence-corrected chi connectivity index (χ1v) is 4.79. The van der Waals surface area contributed by atoms with Gasteiger partial charge in [0.25, 0.3) is 0 Å². The Bertz CT molecular complexity index is 412. The van der Waals surface area contributed by atoms with E-state index in [1.165, 1.54) is 0 Å². The van der Waals surface area contributed by atoms with Gasteiger partial charge in [0.15, 0.2) is 0 Å². The molecule has 0 saturated heterocycles. The number of aromatic amines is 1. The molecule has 1 nitrogen and oxygen atoms in total. The van der Waals surface area contributed by atoms with Crippen molar-refractivity contribution in [2.45, 2.75) is 0 Å². The summed E-state index contributed by atoms with van der Waals surface area (Å²) in [6, 6.07) is 11.7. The highest BCUT2D eigenvalue weighted by molar-refractivity contribution is 6.30. The Morgan fingerprint density at radius 3 is 2.43 bits per heavy atom. The van der Waals surface area contributed by atoms with Crippen molar-refractivity contribution >= 4 is 23.8 Å². The molecule has 0 aliphatic carbocycles. The molecule has 1 aromatic carbocycles. The van der Waals surface area contributed by atoms with Gasteiger partial charge in [-0.3, -0.25) is 0 Å². The van der Waals surface area contributed by atoms with Crippen LogP contribution in [0, 0.1) is 0 Å². The van der Waals surface area contributed by atoms with Crippen molar-refractivity contribution < 1.29 is 0 Å². The van der Waals surface area contributed by atoms with Gasteiger partial charge in [-0.15, -0.1) is 0 Å². The van der Waals surface area contributed by atoms with Crippen LogP contribution in [0.25, 0.3) is 12.2 Å². The lowest BCUT2D eigenvalue weighted by Gasteiger charge is -1.92. The Hall–Kier alpha value is -1.47. The molecule has 0 atom stereocenters. The van der Waals surface area contributed by atoms with E-state index in [9.17, 15) is 0 Å². The van der Waals surface area contributed by atoms with Crippen molar-refractivity contribution in [2.75, 3.05) is 0 Å². The van der Waals surface area contributed by atoms with E-state index in [-0.39, 0.29) is 0 Å². The van der Waals surface area contributed by atoms with Crippen molar-refractivity contribution in [3.8, 4) is 0 Å². The number of benzene rings is 1. The molecule has 0 aliphatic heterocycles. The van der Waals surface area contributed by atoms with E-state index in [0.717, 1.165) is 16.3 Å². The Morgan fingerprint density at radius 2 is 1.79 bits per heavy atom. The van der Waals surface area contributed by atoms with E-state index >= 15 is 0 Å². The van der Waals surface area contributed by atoms with Gasteiger partial charge in [0.2, 0.25) is 0 Å². The number of nitrogens with one attached hydrogen (secondary N) is 1. The minimum Gasteiger partial charge on any atom is -0.362 e. The molecule has 0 spiro atoms. The molecule has 70 valence electrons. The van der Waals surface area contributed by atoms with Crippen LogP contribution in [0.15, 0.2) is 42.6 Å². The highest BCUT2D eigenvalue weighted by Gasteiger charge is 1.88. The Balaban J connectivity index is 2.15. The Kier molecular flexibility index (Phi) is 2.70. The second kappa shape index (κ2) is 4.16. The highest BCUT2D eigenvalue weighted by Crippen LogP contribution is 2.11. The third-order valence-corrected chi connectivity index (χ3v) is 2.20. The van der Waals surface area contributed by atoms with Crippen LogP contribution in [0.5, 0.6) is 0 Å². The van der Waals surface area contributed by atoms with E-state index in [0.29, 0.717) is 0 Å². The normalized spacial score (nSPS) is 10.9. The second-order valence-corrected chi connectivity index (χ2v) is 3.45. The molecule has 1 aromatic heterocycles. The first-order chi connectivity index (χ1) is 6.84. The molecule has 0 aliphatic rings. The molecule has 2 aromatic rings. The van der Waals surface area contributed by atoms with Crippen molar-refractivity contribution in [1.82, 2.24) is 4.98 Å². The molecule has 0 fully saturated rings. The van der Waals surface area contributed by atoms with Crippen molar-refractivity contribution in [2.24, 2.45) is 0 Å². The first kappa shape index (κ1) is 9.10. The van der Waals surface area contributed by atoms with Crippen LogP contribution in [0.3, 0.4) is 0 Å². The molecule has 0 saturated carbocycles. The minimum atomic E-state index is 0.766. The third kappa shape index (κ3) is 2.27. The van der Waals surface area contributed by atoms with Gasteiger partial charge >= 0.3 is 0 Å². The number of hydrogen-bond donors (Lipinski definition) is 1. The van der Waals surface area contributed by atoms with Gasteiger partial charge < -0.3 is 4.98 Å². The zero-order valence-corrected chi connectivity index (χ0v) is 8.33. The topological polar surface area (TPSA) is 15.8 Å². The summed E-state index contributed by atoms with van der Waals surface area (Å²) in [4.78, 5) is 3.11. The molecule has 1 N–H and O–H groups in total. The van der Waals surface area contributed by atoms with Crippen LogP contribution in [0.2, 0.25) is 5.02 Å². The number of hydrogen-bond acceptors (Lipinski definition) is 0. The first-order valence-electron chi connectivity index (χ1n) is 4.42. The van der Waals surface area contributed by atoms with Gasteiger partial charge in [0.05, 0.1) is 0 Å². The summed E-state index contributed by atoms with van der Waals surface area (Å²) in [7, 11) is 0. The van der Waals surface area contributed by atoms with E-state index in [1.807, 2.05) is 54.7 Å². The lowest BCUT2D eigenvalue weighted by atomic mass is 10.2. The minimum absolute atomic E-state index is 0.766. The van der Waals surface area contributed by atoms with Crippen LogP contribution in [-0.4, -0.2) is 4.98 Å². The van der Waals surface area contributed by atoms with Gasteiger partial charge in [-0.05, 0) is 35.9 Å². The van der Waals surface area contributed by atoms with Crippen LogP contribution < -0.4 is 0 Å². The fourth-order valence-corrected chi connectivity index (χ4v) is 1.33. The maximum atomic E-state index is 5.78. The third-order valence-electron chi connectivity index (χ3n) is 1.95. The van der Waals surface area contributed by atoms with Gasteiger partial charge in [0, 0.05) is 16.9 Å². The summed E-state index contributed by atoms with van der Waals surface area (Å²) in [5.41, 5.74) is 2.24. The van der Waals surface area contributed by atoms with Gasteiger partial charge in [-0.25, -0.2) is 0 Å². The van der Waals surface area contributed by atoms with Gasteiger partial charge in [-0.1, -0.05) is 29.8 Å². The standard InChI is InChI=1S/C12H10ClN/c13-11-6-3-10(4-7-11)5-8-12-2-1-9-14-12/h1-9,14H. The van der Waals surface area contributed by atoms with Crippen molar-refractivity contribution in [1.29, 1.82) is 0 Å². The second-order valence-electron chi connectivity index (χ2n) is 3.01. The predicted octanol–water partition coefficient (Wildman–Crippen LogP) is 3.84. The molecule has 2 heteroatoms. The van der Waals surface area contributed by atoms with Crippen LogP contribution in [-0.2, 0) is 0 Å². The van der Waals surface area contributed by atoms with Gasteiger partial charge in [0.1, 0.15) is 0 Å². The monoisotopic (exact) mass is 203 g/mol. The van der Waals surface area contributed by atoms with Crippen LogP contribution in [0.1, 0.15) is 11.3 Å². The number of rotatable bonds is 2. The van der Waals surface area contributed by atoms with Crippen molar-refractivity contribution in [3.05, 3.63) is 58.9 Å². The van der Waals surface area contributed by atoms with Crippen LogP contribution in [0.4, 0.5) is 0 Å². The molecule has 0 unspecified atom stereocenters. The SMILES string of the molecule is Clc1ccc(C=Cc2ccc[nH]2)cc1. The molecule has 1 heterocycles. The summed E-state index contributed by atoms with van der Waals surface area (Å²) < 4.78 is 0. The van der Waals surface area contributed by atoms with E-state index in [1.54, 1.807) is 0 Å². The lowest BCUT2D eigenvalue weighted by molar-refractivity contribution is 1.38. The molecule has 2 rings (SSSR count). The zero-order chi connectivity index (χ0) is 9.80. The number of halogens is 1. The van der Waals surface area contributed by atoms with Crippen LogP contribution >= 0.6 is 11.6 Å². The van der Waals surface area contributed by atoms with Crippen molar-refractivity contribution in [3.63, 3.8) is 0 Å². The molecular formula is C12H10ClN. The van der Waals surface area contributed by atoms with E-state index < -0.39 is 0 Å². The summed E-state index contributed by atoms with van der Waals surface area (Å²) in [6.45, 7) is 0. The maximum absolute atomic E-state index is 5.78. The van der Waals surface area contributed by atoms with E-state index in [2.05, 4.69) is 4.98 Å². The zero-order valence-electron chi connectivity index (χ0n) is 7.57. The molecule has 0 amide bonds. The molecule has 0 bridgehead atoms. The smallest absolute Gasteiger partial charge is 0.0406 e. The predicted molar refractivity (Wildman–Crippen MR) is 61.2 cm³/mol. The fraction of sp³-hybridized carbons (Fsp3) is 0. The number of H-pyrrole nitrogens is 1. The average molecular weight is 204 g/mol. The Morgan fingerprint density at radius 1 is 1.00 bits per heavy atom. The maximum Gasteiger partial charge on any atom is 0.0406 e. The molecule has 14 heavy (non-hydrogen) atoms. The summed E-state index contributed by atoms with van der Waals surface area (Å²) >= 11 is 5.78. The molecular weight excluding hydrogens is 194 g/mol. The fourth-order valence-electron chi connectivity index (χ4n) is 1.21. The largest absolute Gasteiger partial charge is 0.362 e. The summed E-state index contributed by atoms with van der Waals surface area (Å²) in [6.07, 6.45) is 5.98. The molecule has 0 radical (unpaired) electrons. The van der Waals surface area contributed by atoms with E-state index in [4.69, 9.17) is 11.6 Å². The Labute approximate surface area is 88.0 Å². The highest BCUT2D eigenvalue weighted by atomic mass is 35.5. The summed E-state index contributed by atoms with van der Waals surface area (Å²) in [5.74, 6) is 0. The number of aromatic nitrogens is 1. The quantitative estimate of drug-likeness (QED) is 0.764. The summed E-state index contributed by atoms with van der Waals surface area (Å²) in [5, 5.41) is 0.766. The lowest BCUT2D eigenvalue weighted by Crippen LogP contribution is -1.71. The van der Waals surface area contributed by atoms with Gasteiger partial charge in [-0.2, -0.15) is 0 Å².